The van der Waals surface area contributed by atoms with Crippen LogP contribution in [-0.4, -0.2) is 63.5 Å². The van der Waals surface area contributed by atoms with E-state index in [1.807, 2.05) is 0 Å². The molecule has 3 aromatic rings. The lowest BCUT2D eigenvalue weighted by molar-refractivity contribution is 0.00732. The van der Waals surface area contributed by atoms with Crippen molar-refractivity contribution >= 4 is 35.0 Å². The van der Waals surface area contributed by atoms with Crippen LogP contribution in [0.25, 0.3) is 5.65 Å². The molecule has 1 unspecified atom stereocenters. The molecule has 3 N–H and O–H groups in total. The summed E-state index contributed by atoms with van der Waals surface area (Å²) in [5.74, 6) is 0.170. The number of hydrogen-bond acceptors (Lipinski definition) is 8. The fourth-order valence-corrected chi connectivity index (χ4v) is 3.65. The summed E-state index contributed by atoms with van der Waals surface area (Å²) in [5.41, 5.74) is -0.391. The number of amides is 2. The molecule has 0 aromatic carbocycles. The maximum absolute atomic E-state index is 13.1. The Labute approximate surface area is 201 Å². The maximum atomic E-state index is 13.1. The summed E-state index contributed by atoms with van der Waals surface area (Å²) in [5, 5.41) is 10.2. The molecule has 2 amide bonds. The number of nitrogens with zero attached hydrogens (tertiary/aromatic N) is 4. The fraction of sp³-hybridized carbons (Fsp3) is 0.435. The van der Waals surface area contributed by atoms with E-state index < -0.39 is 11.7 Å². The molecule has 0 radical (unpaired) electrons. The first-order valence-electron chi connectivity index (χ1n) is 11.2. The average Bonchev–Trinajstić information content (AvgIpc) is 3.20. The summed E-state index contributed by atoms with van der Waals surface area (Å²) in [7, 11) is 3.14. The molecule has 1 aliphatic rings. The summed E-state index contributed by atoms with van der Waals surface area (Å²) >= 11 is 0. The third kappa shape index (κ3) is 5.11. The molecule has 35 heavy (non-hydrogen) atoms. The van der Waals surface area contributed by atoms with E-state index in [2.05, 4.69) is 25.7 Å². The van der Waals surface area contributed by atoms with Crippen LogP contribution < -0.4 is 21.1 Å². The van der Waals surface area contributed by atoms with Crippen molar-refractivity contribution in [1.82, 2.24) is 24.9 Å². The van der Waals surface area contributed by atoms with Gasteiger partial charge in [0.15, 0.2) is 5.65 Å². The van der Waals surface area contributed by atoms with E-state index in [-0.39, 0.29) is 52.1 Å². The largest absolute Gasteiger partial charge is 0.443 e. The molecule has 12 heteroatoms. The monoisotopic (exact) mass is 483 g/mol. The normalized spacial score (nSPS) is 17.5. The first kappa shape index (κ1) is 24.2. The molecule has 1 saturated carbocycles. The van der Waals surface area contributed by atoms with E-state index in [1.54, 1.807) is 46.1 Å². The van der Waals surface area contributed by atoms with Crippen molar-refractivity contribution in [3.63, 3.8) is 0 Å². The van der Waals surface area contributed by atoms with Gasteiger partial charge in [-0.1, -0.05) is 0 Å². The Kier molecular flexibility index (Phi) is 6.48. The number of carbonyl (C=O) groups is 2. The van der Waals surface area contributed by atoms with Gasteiger partial charge in [0.25, 0.3) is 11.5 Å². The Morgan fingerprint density at radius 1 is 1.29 bits per heavy atom. The van der Waals surface area contributed by atoms with Gasteiger partial charge in [-0.05, 0) is 45.7 Å². The second-order valence-corrected chi connectivity index (χ2v) is 9.30. The molecule has 186 valence electrons. The van der Waals surface area contributed by atoms with Crippen LogP contribution >= 0.6 is 0 Å². The molecular formula is C23H29N7O5. The fourth-order valence-electron chi connectivity index (χ4n) is 3.65. The Hall–Kier alpha value is -3.93. The minimum absolute atomic E-state index is 0.0374. The van der Waals surface area contributed by atoms with Gasteiger partial charge < -0.3 is 25.1 Å². The van der Waals surface area contributed by atoms with Crippen molar-refractivity contribution in [3.8, 4) is 0 Å². The van der Waals surface area contributed by atoms with Crippen LogP contribution in [-0.2, 0) is 9.47 Å². The van der Waals surface area contributed by atoms with Gasteiger partial charge in [-0.3, -0.25) is 14.5 Å². The topological polar surface area (TPSA) is 143 Å². The van der Waals surface area contributed by atoms with Gasteiger partial charge in [0.1, 0.15) is 28.5 Å². The lowest BCUT2D eigenvalue weighted by Gasteiger charge is -2.35. The number of methoxy groups -OCH3 is 1. The Morgan fingerprint density at radius 2 is 2.06 bits per heavy atom. The van der Waals surface area contributed by atoms with E-state index in [0.29, 0.717) is 0 Å². The van der Waals surface area contributed by atoms with Crippen LogP contribution in [0.4, 0.5) is 22.1 Å². The van der Waals surface area contributed by atoms with Crippen LogP contribution in [0.3, 0.4) is 0 Å². The maximum Gasteiger partial charge on any atom is 0.415 e. The van der Waals surface area contributed by atoms with E-state index in [4.69, 9.17) is 9.47 Å². The number of nitrogens with one attached hydrogen (secondary N) is 3. The molecule has 0 bridgehead atoms. The van der Waals surface area contributed by atoms with Crippen LogP contribution in [0, 0.1) is 0 Å². The first-order chi connectivity index (χ1) is 16.6. The van der Waals surface area contributed by atoms with Crippen molar-refractivity contribution in [1.29, 1.82) is 0 Å². The number of fused-ring (bicyclic) bond motifs is 1. The minimum Gasteiger partial charge on any atom is -0.443 e. The predicted octanol–water partition coefficient (Wildman–Crippen LogP) is 2.44. The summed E-state index contributed by atoms with van der Waals surface area (Å²) in [6.45, 7) is 5.29. The van der Waals surface area contributed by atoms with Gasteiger partial charge in [0, 0.05) is 26.4 Å². The van der Waals surface area contributed by atoms with Gasteiger partial charge in [-0.2, -0.15) is 9.61 Å². The van der Waals surface area contributed by atoms with Crippen molar-refractivity contribution in [2.75, 3.05) is 24.4 Å². The number of aromatic amines is 1. The van der Waals surface area contributed by atoms with Crippen molar-refractivity contribution in [2.24, 2.45) is 0 Å². The zero-order valence-corrected chi connectivity index (χ0v) is 20.3. The number of ether oxygens (including phenoxy) is 2. The summed E-state index contributed by atoms with van der Waals surface area (Å²) in [6, 6.07) is 4.70. The predicted molar refractivity (Wildman–Crippen MR) is 129 cm³/mol. The summed E-state index contributed by atoms with van der Waals surface area (Å²) in [6.07, 6.45) is 3.94. The second kappa shape index (κ2) is 9.37. The highest BCUT2D eigenvalue weighted by Crippen LogP contribution is 2.26. The number of anilines is 3. The molecular weight excluding hydrogens is 454 g/mol. The summed E-state index contributed by atoms with van der Waals surface area (Å²) < 4.78 is 12.2. The second-order valence-electron chi connectivity index (χ2n) is 9.30. The van der Waals surface area contributed by atoms with Crippen LogP contribution in [0.15, 0.2) is 35.4 Å². The van der Waals surface area contributed by atoms with E-state index >= 15 is 0 Å². The Balaban J connectivity index is 1.75. The van der Waals surface area contributed by atoms with Crippen molar-refractivity contribution < 1.29 is 19.1 Å². The third-order valence-corrected chi connectivity index (χ3v) is 5.62. The number of H-pyrrole nitrogens is 1. The standard InChI is InChI=1S/C23H29N7O5/c1-23(2,3)35-22(33)29(4)18-11-17(26-15-7-6-10-24-21(15)32)28-19-13(12-25-30(18)19)20(31)27-14-8-9-16(14)34-5/h6-7,10-12,14,16H,8-9H2,1-5H3,(H,24,32)(H,26,28)(H,27,31)/t14?,16-/m0/s1. The zero-order chi connectivity index (χ0) is 25.3. The highest BCUT2D eigenvalue weighted by molar-refractivity contribution is 6.00. The van der Waals surface area contributed by atoms with Gasteiger partial charge in [0.2, 0.25) is 0 Å². The van der Waals surface area contributed by atoms with Gasteiger partial charge in [-0.25, -0.2) is 9.78 Å². The molecule has 3 heterocycles. The molecule has 1 aliphatic carbocycles. The van der Waals surface area contributed by atoms with Gasteiger partial charge >= 0.3 is 6.09 Å². The Morgan fingerprint density at radius 3 is 2.69 bits per heavy atom. The van der Waals surface area contributed by atoms with Crippen molar-refractivity contribution in [3.05, 3.63) is 46.5 Å². The molecule has 4 rings (SSSR count). The molecule has 1 fully saturated rings. The number of aromatic nitrogens is 4. The number of carbonyl (C=O) groups excluding carboxylic acids is 2. The van der Waals surface area contributed by atoms with E-state index in [1.165, 1.54) is 28.9 Å². The van der Waals surface area contributed by atoms with Crippen LogP contribution in [0.5, 0.6) is 0 Å². The molecule has 2 atom stereocenters. The smallest absolute Gasteiger partial charge is 0.415 e. The third-order valence-electron chi connectivity index (χ3n) is 5.62. The van der Waals surface area contributed by atoms with Crippen LogP contribution in [0.2, 0.25) is 0 Å². The molecule has 0 spiro atoms. The average molecular weight is 484 g/mol. The lowest BCUT2D eigenvalue weighted by Crippen LogP contribution is -2.51. The molecule has 0 saturated heterocycles. The lowest BCUT2D eigenvalue weighted by atomic mass is 9.89. The number of pyridine rings is 1. The van der Waals surface area contributed by atoms with E-state index in [9.17, 15) is 14.4 Å². The number of hydrogen-bond donors (Lipinski definition) is 3. The van der Waals surface area contributed by atoms with Gasteiger partial charge in [0.05, 0.1) is 18.3 Å². The van der Waals surface area contributed by atoms with Crippen LogP contribution in [0.1, 0.15) is 44.0 Å². The van der Waals surface area contributed by atoms with Gasteiger partial charge in [-0.15, -0.1) is 0 Å². The molecule has 12 nitrogen and oxygen atoms in total. The quantitative estimate of drug-likeness (QED) is 0.485. The highest BCUT2D eigenvalue weighted by Gasteiger charge is 2.33. The van der Waals surface area contributed by atoms with Crippen molar-refractivity contribution in [2.45, 2.75) is 51.4 Å². The Bertz CT molecular complexity index is 1310. The van der Waals surface area contributed by atoms with E-state index in [0.717, 1.165) is 12.8 Å². The first-order valence-corrected chi connectivity index (χ1v) is 11.2. The molecule has 0 aliphatic heterocycles. The SMILES string of the molecule is CO[C@H]1CCC1NC(=O)c1cnn2c(N(C)C(=O)OC(C)(C)C)cc(Nc3ccc[nH]c3=O)nc12. The molecule has 3 aromatic heterocycles. The summed E-state index contributed by atoms with van der Waals surface area (Å²) in [4.78, 5) is 46.4. The number of rotatable bonds is 6. The minimum atomic E-state index is -0.717. The zero-order valence-electron chi connectivity index (χ0n) is 20.3. The highest BCUT2D eigenvalue weighted by atomic mass is 16.6.